The number of carbonyl (C=O) groups is 2. The highest BCUT2D eigenvalue weighted by atomic mass is 35.5. The topological polar surface area (TPSA) is 80.3 Å². The number of fused-ring (bicyclic) bond motifs is 1. The van der Waals surface area contributed by atoms with Crippen molar-refractivity contribution in [2.45, 2.75) is 25.9 Å². The molecule has 0 saturated heterocycles. The Morgan fingerprint density at radius 1 is 1.00 bits per heavy atom. The molecule has 7 nitrogen and oxygen atoms in total. The number of hydrogen-bond donors (Lipinski definition) is 1. The number of nitrogens with zero attached hydrogens (tertiary/aromatic N) is 3. The molecular formula is C28H28Cl2N4O3. The molecule has 4 rings (SSSR count). The van der Waals surface area contributed by atoms with Crippen LogP contribution in [0, 0.1) is 5.41 Å². The van der Waals surface area contributed by atoms with Crippen molar-refractivity contribution >= 4 is 45.9 Å². The highest BCUT2D eigenvalue weighted by Gasteiger charge is 2.17. The maximum Gasteiger partial charge on any atom is 0.226 e. The monoisotopic (exact) mass is 538 g/mol. The third-order valence-corrected chi connectivity index (χ3v) is 6.85. The lowest BCUT2D eigenvalue weighted by Gasteiger charge is -2.18. The molecule has 1 amide bonds. The van der Waals surface area contributed by atoms with E-state index in [9.17, 15) is 9.59 Å². The summed E-state index contributed by atoms with van der Waals surface area (Å²) in [6, 6.07) is 19.6. The van der Waals surface area contributed by atoms with Crippen molar-refractivity contribution in [3.05, 3.63) is 93.5 Å². The van der Waals surface area contributed by atoms with E-state index >= 15 is 0 Å². The number of amides is 1. The summed E-state index contributed by atoms with van der Waals surface area (Å²) in [5.74, 6) is 0.588. The fourth-order valence-corrected chi connectivity index (χ4v) is 4.68. The van der Waals surface area contributed by atoms with E-state index in [1.165, 1.54) is 0 Å². The molecule has 0 radical (unpaired) electrons. The third kappa shape index (κ3) is 6.06. The molecule has 3 aromatic carbocycles. The molecule has 1 heterocycles. The van der Waals surface area contributed by atoms with Crippen LogP contribution in [0.25, 0.3) is 11.0 Å². The average Bonchev–Trinajstić information content (AvgIpc) is 3.16. The Kier molecular flexibility index (Phi) is 8.36. The number of imidazole rings is 1. The second kappa shape index (κ2) is 11.7. The van der Waals surface area contributed by atoms with Gasteiger partial charge < -0.3 is 18.8 Å². The van der Waals surface area contributed by atoms with Crippen molar-refractivity contribution in [1.82, 2.24) is 14.0 Å². The average molecular weight is 539 g/mol. The number of nitrogens with one attached hydrogen (secondary N) is 1. The summed E-state index contributed by atoms with van der Waals surface area (Å²) in [6.45, 7) is 0.983. The largest absolute Gasteiger partial charge is 0.497 e. The number of likely N-dealkylation sites (N-methyl/N-ethyl adjacent to an activating group) is 1. The molecule has 192 valence electrons. The lowest BCUT2D eigenvalue weighted by molar-refractivity contribution is -0.129. The number of benzene rings is 3. The number of rotatable bonds is 10. The van der Waals surface area contributed by atoms with E-state index < -0.39 is 0 Å². The maximum absolute atomic E-state index is 12.9. The summed E-state index contributed by atoms with van der Waals surface area (Å²) in [5.41, 5.74) is 3.00. The second-order valence-electron chi connectivity index (χ2n) is 8.80. The molecule has 0 aliphatic carbocycles. The summed E-state index contributed by atoms with van der Waals surface area (Å²) < 4.78 is 8.70. The molecule has 0 aliphatic heterocycles. The lowest BCUT2D eigenvalue weighted by Crippen LogP contribution is -2.31. The van der Waals surface area contributed by atoms with E-state index in [-0.39, 0.29) is 30.3 Å². The molecule has 0 atom stereocenters. The molecular weight excluding hydrogens is 511 g/mol. The zero-order valence-corrected chi connectivity index (χ0v) is 22.2. The Balaban J connectivity index is 1.48. The van der Waals surface area contributed by atoms with Crippen LogP contribution in [0.1, 0.15) is 22.3 Å². The van der Waals surface area contributed by atoms with E-state index in [0.717, 1.165) is 11.3 Å². The molecule has 9 heteroatoms. The van der Waals surface area contributed by atoms with Crippen molar-refractivity contribution in [1.29, 1.82) is 5.41 Å². The first kappa shape index (κ1) is 26.5. The van der Waals surface area contributed by atoms with Gasteiger partial charge in [-0.1, -0.05) is 41.4 Å². The fraction of sp³-hybridized carbons (Fsp3) is 0.250. The number of aromatic nitrogens is 2. The quantitative estimate of drug-likeness (QED) is 0.281. The van der Waals surface area contributed by atoms with Gasteiger partial charge >= 0.3 is 0 Å². The molecule has 0 bridgehead atoms. The van der Waals surface area contributed by atoms with E-state index in [2.05, 4.69) is 0 Å². The van der Waals surface area contributed by atoms with Crippen LogP contribution < -0.4 is 10.4 Å². The second-order valence-corrected chi connectivity index (χ2v) is 9.64. The van der Waals surface area contributed by atoms with E-state index in [0.29, 0.717) is 46.2 Å². The van der Waals surface area contributed by atoms with Crippen LogP contribution in [0.5, 0.6) is 5.75 Å². The minimum Gasteiger partial charge on any atom is -0.497 e. The summed E-state index contributed by atoms with van der Waals surface area (Å²) in [6.07, 6.45) is 0.898. The third-order valence-electron chi connectivity index (χ3n) is 6.30. The minimum absolute atomic E-state index is 0.00151. The van der Waals surface area contributed by atoms with Crippen molar-refractivity contribution in [2.75, 3.05) is 20.7 Å². The van der Waals surface area contributed by atoms with Gasteiger partial charge in [0.15, 0.2) is 5.78 Å². The molecule has 0 aliphatic rings. The predicted molar refractivity (Wildman–Crippen MR) is 146 cm³/mol. The summed E-state index contributed by atoms with van der Waals surface area (Å²) in [4.78, 5) is 27.4. The van der Waals surface area contributed by atoms with Crippen LogP contribution in [0.2, 0.25) is 10.0 Å². The molecule has 0 unspecified atom stereocenters. The number of ketones is 1. The summed E-state index contributed by atoms with van der Waals surface area (Å²) in [7, 11) is 3.37. The van der Waals surface area contributed by atoms with Gasteiger partial charge in [-0.2, -0.15) is 0 Å². The van der Waals surface area contributed by atoms with Crippen LogP contribution in [-0.4, -0.2) is 46.4 Å². The van der Waals surface area contributed by atoms with Gasteiger partial charge in [0.2, 0.25) is 11.5 Å². The standard InChI is InChI=1S/C28H28Cl2N4O3/c1-32(26(36)17-19-6-3-7-22(16-19)37-2)14-5-15-33-27-23(30)8-4-9-24(27)34(28(33)31)18-25(35)20-10-12-21(29)13-11-20/h3-4,6-13,16,31H,5,14-15,17-18H2,1-2H3. The molecule has 1 aromatic heterocycles. The van der Waals surface area contributed by atoms with Crippen LogP contribution >= 0.6 is 23.2 Å². The predicted octanol–water partition coefficient (Wildman–Crippen LogP) is 5.21. The van der Waals surface area contributed by atoms with Crippen molar-refractivity contribution in [2.24, 2.45) is 0 Å². The van der Waals surface area contributed by atoms with E-state index in [4.69, 9.17) is 33.3 Å². The van der Waals surface area contributed by atoms with Crippen LogP contribution in [0.4, 0.5) is 0 Å². The highest BCUT2D eigenvalue weighted by Crippen LogP contribution is 2.23. The SMILES string of the molecule is COc1cccc(CC(=O)N(C)CCCn2c(=N)n(CC(=O)c3ccc(Cl)cc3)c3cccc(Cl)c32)c1. The summed E-state index contributed by atoms with van der Waals surface area (Å²) >= 11 is 12.5. The van der Waals surface area contributed by atoms with Crippen molar-refractivity contribution in [3.8, 4) is 5.75 Å². The fourth-order valence-electron chi connectivity index (χ4n) is 4.29. The molecule has 0 spiro atoms. The zero-order valence-electron chi connectivity index (χ0n) is 20.7. The van der Waals surface area contributed by atoms with Gasteiger partial charge in [0, 0.05) is 30.7 Å². The smallest absolute Gasteiger partial charge is 0.226 e. The minimum atomic E-state index is -0.128. The highest BCUT2D eigenvalue weighted by molar-refractivity contribution is 6.35. The Labute approximate surface area is 225 Å². The van der Waals surface area contributed by atoms with E-state index in [1.54, 1.807) is 58.5 Å². The first-order chi connectivity index (χ1) is 17.8. The number of ether oxygens (including phenoxy) is 1. The Hall–Kier alpha value is -3.55. The van der Waals surface area contributed by atoms with Gasteiger partial charge in [-0.25, -0.2) is 0 Å². The number of hydrogen-bond acceptors (Lipinski definition) is 4. The van der Waals surface area contributed by atoms with Crippen LogP contribution in [0.15, 0.2) is 66.7 Å². The number of carbonyl (C=O) groups excluding carboxylic acids is 2. The van der Waals surface area contributed by atoms with Crippen molar-refractivity contribution in [3.63, 3.8) is 0 Å². The van der Waals surface area contributed by atoms with Gasteiger partial charge in [0.05, 0.1) is 36.1 Å². The number of halogens is 2. The molecule has 0 saturated carbocycles. The number of methoxy groups -OCH3 is 1. The van der Waals surface area contributed by atoms with E-state index in [1.807, 2.05) is 36.4 Å². The van der Waals surface area contributed by atoms with Gasteiger partial charge in [-0.15, -0.1) is 0 Å². The summed E-state index contributed by atoms with van der Waals surface area (Å²) in [5, 5.41) is 9.88. The number of aryl methyl sites for hydroxylation is 1. The maximum atomic E-state index is 12.9. The van der Waals surface area contributed by atoms with Gasteiger partial charge in [-0.3, -0.25) is 15.0 Å². The molecule has 1 N–H and O–H groups in total. The first-order valence-corrected chi connectivity index (χ1v) is 12.6. The van der Waals surface area contributed by atoms with Crippen LogP contribution in [-0.2, 0) is 24.3 Å². The number of para-hydroxylation sites is 1. The Morgan fingerprint density at radius 2 is 1.73 bits per heavy atom. The molecule has 4 aromatic rings. The Morgan fingerprint density at radius 3 is 2.46 bits per heavy atom. The van der Waals surface area contributed by atoms with Crippen LogP contribution in [0.3, 0.4) is 0 Å². The lowest BCUT2D eigenvalue weighted by atomic mass is 10.1. The Bertz CT molecular complexity index is 1490. The van der Waals surface area contributed by atoms with Gasteiger partial charge in [0.25, 0.3) is 0 Å². The van der Waals surface area contributed by atoms with Gasteiger partial charge in [0.1, 0.15) is 5.75 Å². The normalized spacial score (nSPS) is 11.0. The van der Waals surface area contributed by atoms with Crippen molar-refractivity contribution < 1.29 is 14.3 Å². The molecule has 0 fully saturated rings. The number of Topliss-reactive ketones (excluding diaryl/α,β-unsaturated/α-hetero) is 1. The first-order valence-electron chi connectivity index (χ1n) is 11.9. The zero-order chi connectivity index (χ0) is 26.5. The molecule has 37 heavy (non-hydrogen) atoms. The van der Waals surface area contributed by atoms with Gasteiger partial charge in [-0.05, 0) is 60.5 Å².